The van der Waals surface area contributed by atoms with Crippen molar-refractivity contribution in [3.05, 3.63) is 23.8 Å². The lowest BCUT2D eigenvalue weighted by Gasteiger charge is -2.23. The Morgan fingerprint density at radius 3 is 2.58 bits per heavy atom. The number of fused-ring (bicyclic) bond motifs is 1. The molecule has 1 aromatic rings. The van der Waals surface area contributed by atoms with E-state index in [9.17, 15) is 13.2 Å². The van der Waals surface area contributed by atoms with Gasteiger partial charge < -0.3 is 20.1 Å². The van der Waals surface area contributed by atoms with Gasteiger partial charge in [-0.1, -0.05) is 6.07 Å². The van der Waals surface area contributed by atoms with Crippen LogP contribution in [0.2, 0.25) is 0 Å². The van der Waals surface area contributed by atoms with Gasteiger partial charge in [0.15, 0.2) is 21.3 Å². The van der Waals surface area contributed by atoms with Crippen molar-refractivity contribution < 1.29 is 22.7 Å². The third kappa shape index (κ3) is 3.02. The minimum absolute atomic E-state index is 0.0252. The molecule has 130 valence electrons. The van der Waals surface area contributed by atoms with E-state index in [1.54, 1.807) is 0 Å². The van der Waals surface area contributed by atoms with Crippen molar-refractivity contribution in [1.29, 1.82) is 0 Å². The number of ether oxygens (including phenoxy) is 2. The summed E-state index contributed by atoms with van der Waals surface area (Å²) in [6.07, 6.45) is 2.18. The quantitative estimate of drug-likeness (QED) is 0.844. The number of hydrogen-bond donors (Lipinski definition) is 2. The topological polar surface area (TPSA) is 93.7 Å². The van der Waals surface area contributed by atoms with Crippen LogP contribution in [-0.4, -0.2) is 45.2 Å². The van der Waals surface area contributed by atoms with E-state index < -0.39 is 15.4 Å². The van der Waals surface area contributed by atoms with Crippen LogP contribution >= 0.6 is 0 Å². The predicted octanol–water partition coefficient (Wildman–Crippen LogP) is 0.933. The molecule has 1 unspecified atom stereocenters. The van der Waals surface area contributed by atoms with E-state index in [0.717, 1.165) is 24.2 Å². The van der Waals surface area contributed by atoms with Gasteiger partial charge >= 0.3 is 6.03 Å². The Hall–Kier alpha value is -1.96. The molecule has 2 heterocycles. The number of amides is 2. The molecule has 0 radical (unpaired) electrons. The SMILES string of the molecule is O=C(NC1CCS(=O)(=O)C1)NC1(c2ccc3c(c2)OCCO3)CC1. The summed E-state index contributed by atoms with van der Waals surface area (Å²) in [4.78, 5) is 12.3. The van der Waals surface area contributed by atoms with Gasteiger partial charge in [-0.25, -0.2) is 13.2 Å². The number of nitrogens with one attached hydrogen (secondary N) is 2. The Bertz CT molecular complexity index is 773. The van der Waals surface area contributed by atoms with Crippen molar-refractivity contribution >= 4 is 15.9 Å². The molecule has 0 bridgehead atoms. The zero-order chi connectivity index (χ0) is 16.8. The highest BCUT2D eigenvalue weighted by atomic mass is 32.2. The van der Waals surface area contributed by atoms with Crippen LogP contribution in [0.15, 0.2) is 18.2 Å². The molecule has 3 aliphatic rings. The number of benzene rings is 1. The van der Waals surface area contributed by atoms with Crippen LogP contribution in [-0.2, 0) is 15.4 Å². The largest absolute Gasteiger partial charge is 0.486 e. The van der Waals surface area contributed by atoms with Gasteiger partial charge in [0.2, 0.25) is 0 Å². The number of urea groups is 1. The van der Waals surface area contributed by atoms with Gasteiger partial charge in [0, 0.05) is 6.04 Å². The fourth-order valence-corrected chi connectivity index (χ4v) is 4.97. The second-order valence-corrected chi connectivity index (χ2v) is 8.87. The second kappa shape index (κ2) is 5.54. The lowest BCUT2D eigenvalue weighted by molar-refractivity contribution is 0.171. The molecule has 7 nitrogen and oxygen atoms in total. The zero-order valence-corrected chi connectivity index (χ0v) is 14.0. The molecule has 1 saturated heterocycles. The third-order valence-corrected chi connectivity index (χ3v) is 6.53. The van der Waals surface area contributed by atoms with E-state index in [-0.39, 0.29) is 23.6 Å². The molecule has 1 aliphatic carbocycles. The molecule has 8 heteroatoms. The van der Waals surface area contributed by atoms with E-state index in [2.05, 4.69) is 10.6 Å². The van der Waals surface area contributed by atoms with Gasteiger partial charge in [-0.3, -0.25) is 0 Å². The Morgan fingerprint density at radius 1 is 1.17 bits per heavy atom. The van der Waals surface area contributed by atoms with Crippen molar-refractivity contribution in [3.8, 4) is 11.5 Å². The molecule has 4 rings (SSSR count). The van der Waals surface area contributed by atoms with Crippen LogP contribution in [0, 0.1) is 0 Å². The summed E-state index contributed by atoms with van der Waals surface area (Å²) >= 11 is 0. The lowest BCUT2D eigenvalue weighted by atomic mass is 10.0. The van der Waals surface area contributed by atoms with Crippen molar-refractivity contribution in [3.63, 3.8) is 0 Å². The summed E-state index contributed by atoms with van der Waals surface area (Å²) in [5.41, 5.74) is 0.596. The zero-order valence-electron chi connectivity index (χ0n) is 13.2. The third-order valence-electron chi connectivity index (χ3n) is 4.77. The average molecular weight is 352 g/mol. The van der Waals surface area contributed by atoms with Crippen molar-refractivity contribution in [2.75, 3.05) is 24.7 Å². The van der Waals surface area contributed by atoms with Crippen LogP contribution in [0.3, 0.4) is 0 Å². The maximum atomic E-state index is 12.3. The van der Waals surface area contributed by atoms with E-state index in [4.69, 9.17) is 9.47 Å². The standard InChI is InChI=1S/C16H20N2O5S/c19-15(17-12-3-8-24(20,21)10-12)18-16(4-5-16)11-1-2-13-14(9-11)23-7-6-22-13/h1-2,9,12H,3-8,10H2,(H2,17,18,19). The summed E-state index contributed by atoms with van der Waals surface area (Å²) < 4.78 is 34.1. The first-order valence-electron chi connectivity index (χ1n) is 8.15. The van der Waals surface area contributed by atoms with Crippen LogP contribution in [0.1, 0.15) is 24.8 Å². The van der Waals surface area contributed by atoms with E-state index in [1.807, 2.05) is 18.2 Å². The molecule has 1 saturated carbocycles. The highest BCUT2D eigenvalue weighted by molar-refractivity contribution is 7.91. The highest BCUT2D eigenvalue weighted by Gasteiger charge is 2.46. The summed E-state index contributed by atoms with van der Waals surface area (Å²) in [5.74, 6) is 1.60. The number of carbonyl (C=O) groups excluding carboxylic acids is 1. The van der Waals surface area contributed by atoms with Crippen LogP contribution in [0.5, 0.6) is 11.5 Å². The Morgan fingerprint density at radius 2 is 1.92 bits per heavy atom. The van der Waals surface area contributed by atoms with Gasteiger partial charge in [0.25, 0.3) is 0 Å². The molecule has 1 aromatic carbocycles. The van der Waals surface area contributed by atoms with Gasteiger partial charge in [0.05, 0.1) is 17.0 Å². The van der Waals surface area contributed by atoms with Crippen LogP contribution in [0.25, 0.3) is 0 Å². The molecule has 2 N–H and O–H groups in total. The maximum Gasteiger partial charge on any atom is 0.315 e. The number of hydrogen-bond acceptors (Lipinski definition) is 5. The smallest absolute Gasteiger partial charge is 0.315 e. The first-order valence-corrected chi connectivity index (χ1v) is 9.97. The average Bonchev–Trinajstić information content (AvgIpc) is 3.24. The van der Waals surface area contributed by atoms with Gasteiger partial charge in [-0.2, -0.15) is 0 Å². The number of carbonyl (C=O) groups is 1. The van der Waals surface area contributed by atoms with Gasteiger partial charge in [-0.05, 0) is 37.0 Å². The summed E-state index contributed by atoms with van der Waals surface area (Å²) in [6.45, 7) is 1.07. The van der Waals surface area contributed by atoms with Gasteiger partial charge in [-0.15, -0.1) is 0 Å². The van der Waals surface area contributed by atoms with Crippen LogP contribution in [0.4, 0.5) is 4.79 Å². The van der Waals surface area contributed by atoms with E-state index in [1.165, 1.54) is 0 Å². The molecule has 1 atom stereocenters. The summed E-state index contributed by atoms with van der Waals surface area (Å²) in [5, 5.41) is 5.78. The summed E-state index contributed by atoms with van der Waals surface area (Å²) in [6, 6.07) is 5.12. The fourth-order valence-electron chi connectivity index (χ4n) is 3.30. The molecule has 0 aromatic heterocycles. The maximum absolute atomic E-state index is 12.3. The number of rotatable bonds is 3. The molecule has 0 spiro atoms. The minimum Gasteiger partial charge on any atom is -0.486 e. The monoisotopic (exact) mass is 352 g/mol. The van der Waals surface area contributed by atoms with E-state index in [0.29, 0.717) is 25.4 Å². The van der Waals surface area contributed by atoms with E-state index >= 15 is 0 Å². The molecule has 2 aliphatic heterocycles. The second-order valence-electron chi connectivity index (χ2n) is 6.64. The van der Waals surface area contributed by atoms with Gasteiger partial charge in [0.1, 0.15) is 13.2 Å². The summed E-state index contributed by atoms with van der Waals surface area (Å²) in [7, 11) is -3.00. The molecule has 2 fully saturated rings. The molecule has 24 heavy (non-hydrogen) atoms. The van der Waals surface area contributed by atoms with Crippen molar-refractivity contribution in [1.82, 2.24) is 10.6 Å². The highest BCUT2D eigenvalue weighted by Crippen LogP contribution is 2.47. The molecular weight excluding hydrogens is 332 g/mol. The first kappa shape index (κ1) is 15.6. The predicted molar refractivity (Wildman–Crippen MR) is 87.1 cm³/mol. The minimum atomic E-state index is -3.00. The first-order chi connectivity index (χ1) is 11.5. The molecule has 2 amide bonds. The fraction of sp³-hybridized carbons (Fsp3) is 0.562. The Kier molecular flexibility index (Phi) is 3.59. The van der Waals surface area contributed by atoms with Crippen molar-refractivity contribution in [2.24, 2.45) is 0 Å². The van der Waals surface area contributed by atoms with Crippen molar-refractivity contribution in [2.45, 2.75) is 30.8 Å². The molecular formula is C16H20N2O5S. The lowest BCUT2D eigenvalue weighted by Crippen LogP contribution is -2.46. The Labute approximate surface area is 140 Å². The number of sulfone groups is 1. The normalized spacial score (nSPS) is 25.8. The Balaban J connectivity index is 1.43. The van der Waals surface area contributed by atoms with Crippen LogP contribution < -0.4 is 20.1 Å².